The Hall–Kier alpha value is -1.64. The largest absolute Gasteiger partial charge is 0.310 e. The molecule has 0 bridgehead atoms. The van der Waals surface area contributed by atoms with Gasteiger partial charge in [0, 0.05) is 25.1 Å². The van der Waals surface area contributed by atoms with Crippen molar-refractivity contribution in [2.45, 2.75) is 19.3 Å². The van der Waals surface area contributed by atoms with E-state index in [4.69, 9.17) is 16.9 Å². The van der Waals surface area contributed by atoms with Gasteiger partial charge in [0.1, 0.15) is 5.82 Å². The Kier molecular flexibility index (Phi) is 5.33. The molecule has 1 aromatic rings. The summed E-state index contributed by atoms with van der Waals surface area (Å²) in [5.41, 5.74) is 0. The highest BCUT2D eigenvalue weighted by molar-refractivity contribution is 6.30. The number of rotatable bonds is 4. The maximum atomic E-state index is 12.1. The maximum absolute atomic E-state index is 12.1. The lowest BCUT2D eigenvalue weighted by molar-refractivity contribution is -0.121. The Labute approximate surface area is 123 Å². The quantitative estimate of drug-likeness (QED) is 0.924. The van der Waals surface area contributed by atoms with Crippen LogP contribution in [0.1, 0.15) is 19.3 Å². The second-order valence-corrected chi connectivity index (χ2v) is 5.31. The van der Waals surface area contributed by atoms with Gasteiger partial charge >= 0.3 is 0 Å². The zero-order valence-electron chi connectivity index (χ0n) is 11.2. The third kappa shape index (κ3) is 4.19. The number of amides is 1. The second kappa shape index (κ2) is 7.22. The summed E-state index contributed by atoms with van der Waals surface area (Å²) in [6, 6.07) is 5.55. The summed E-state index contributed by atoms with van der Waals surface area (Å²) in [7, 11) is 0. The fourth-order valence-corrected chi connectivity index (χ4v) is 2.42. The van der Waals surface area contributed by atoms with Crippen LogP contribution in [-0.2, 0) is 4.79 Å². The number of nitriles is 1. The fourth-order valence-electron chi connectivity index (χ4n) is 2.30. The molecule has 1 aliphatic rings. The van der Waals surface area contributed by atoms with Gasteiger partial charge in [0.15, 0.2) is 0 Å². The Balaban J connectivity index is 1.80. The highest BCUT2D eigenvalue weighted by atomic mass is 35.5. The van der Waals surface area contributed by atoms with Crippen molar-refractivity contribution in [3.8, 4) is 6.07 Å². The molecule has 0 aromatic carbocycles. The highest BCUT2D eigenvalue weighted by Crippen LogP contribution is 2.19. The van der Waals surface area contributed by atoms with E-state index in [-0.39, 0.29) is 11.8 Å². The van der Waals surface area contributed by atoms with E-state index in [1.165, 1.54) is 6.20 Å². The minimum Gasteiger partial charge on any atom is -0.310 e. The van der Waals surface area contributed by atoms with Crippen molar-refractivity contribution >= 4 is 23.3 Å². The first-order chi connectivity index (χ1) is 9.69. The van der Waals surface area contributed by atoms with Crippen molar-refractivity contribution in [1.82, 2.24) is 9.88 Å². The molecule has 0 unspecified atom stereocenters. The van der Waals surface area contributed by atoms with Crippen molar-refractivity contribution in [2.24, 2.45) is 5.92 Å². The van der Waals surface area contributed by atoms with E-state index in [1.54, 1.807) is 12.1 Å². The van der Waals surface area contributed by atoms with Gasteiger partial charge in [0.25, 0.3) is 0 Å². The van der Waals surface area contributed by atoms with Gasteiger partial charge in [-0.2, -0.15) is 5.26 Å². The van der Waals surface area contributed by atoms with Gasteiger partial charge < -0.3 is 10.2 Å². The third-order valence-corrected chi connectivity index (χ3v) is 3.70. The predicted molar refractivity (Wildman–Crippen MR) is 77.3 cm³/mol. The number of nitrogens with zero attached hydrogens (tertiary/aromatic N) is 3. The number of pyridine rings is 1. The van der Waals surface area contributed by atoms with E-state index in [0.717, 1.165) is 32.5 Å². The van der Waals surface area contributed by atoms with Crippen LogP contribution in [0.4, 0.5) is 5.82 Å². The van der Waals surface area contributed by atoms with E-state index in [1.807, 2.05) is 0 Å². The van der Waals surface area contributed by atoms with Crippen molar-refractivity contribution in [1.29, 1.82) is 5.26 Å². The van der Waals surface area contributed by atoms with Crippen molar-refractivity contribution in [2.75, 3.05) is 25.0 Å². The third-order valence-electron chi connectivity index (χ3n) is 3.48. The number of nitrogens with one attached hydrogen (secondary N) is 1. The standard InChI is InChI=1S/C14H17ClN4O/c15-12-2-3-13(17-10-12)18-14(20)11-4-8-19(9-5-11)7-1-6-16/h2-3,10-11H,1,4-5,7-9H2,(H,17,18,20). The van der Waals surface area contributed by atoms with E-state index in [9.17, 15) is 4.79 Å². The van der Waals surface area contributed by atoms with Crippen LogP contribution in [0.25, 0.3) is 0 Å². The van der Waals surface area contributed by atoms with E-state index in [0.29, 0.717) is 17.3 Å². The van der Waals surface area contributed by atoms with Gasteiger partial charge in [0.05, 0.1) is 11.1 Å². The molecular weight excluding hydrogens is 276 g/mol. The number of carbonyl (C=O) groups is 1. The van der Waals surface area contributed by atoms with Crippen LogP contribution >= 0.6 is 11.6 Å². The molecule has 1 saturated heterocycles. The molecule has 0 spiro atoms. The topological polar surface area (TPSA) is 69.0 Å². The van der Waals surface area contributed by atoms with Crippen LogP contribution in [-0.4, -0.2) is 35.4 Å². The molecule has 2 rings (SSSR count). The van der Waals surface area contributed by atoms with E-state index < -0.39 is 0 Å². The first-order valence-electron chi connectivity index (χ1n) is 6.71. The van der Waals surface area contributed by atoms with Crippen molar-refractivity contribution in [3.05, 3.63) is 23.4 Å². The minimum atomic E-state index is 0.0137. The van der Waals surface area contributed by atoms with Gasteiger partial charge in [-0.3, -0.25) is 4.79 Å². The molecule has 5 nitrogen and oxygen atoms in total. The fraction of sp³-hybridized carbons (Fsp3) is 0.500. The van der Waals surface area contributed by atoms with Crippen molar-refractivity contribution < 1.29 is 4.79 Å². The summed E-state index contributed by atoms with van der Waals surface area (Å²) in [5, 5.41) is 11.9. The molecule has 2 heterocycles. The van der Waals surface area contributed by atoms with Gasteiger partial charge in [-0.1, -0.05) is 11.6 Å². The predicted octanol–water partition coefficient (Wildman–Crippen LogP) is 2.30. The molecule has 106 valence electrons. The molecule has 1 N–H and O–H groups in total. The van der Waals surface area contributed by atoms with Crippen LogP contribution in [0.3, 0.4) is 0 Å². The number of anilines is 1. The highest BCUT2D eigenvalue weighted by Gasteiger charge is 2.24. The molecule has 1 aromatic heterocycles. The second-order valence-electron chi connectivity index (χ2n) is 4.87. The zero-order valence-corrected chi connectivity index (χ0v) is 11.9. The van der Waals surface area contributed by atoms with Crippen LogP contribution in [0.5, 0.6) is 0 Å². The summed E-state index contributed by atoms with van der Waals surface area (Å²) in [4.78, 5) is 18.4. The van der Waals surface area contributed by atoms with Gasteiger partial charge in [0.2, 0.25) is 5.91 Å². The summed E-state index contributed by atoms with van der Waals surface area (Å²) in [6.45, 7) is 2.53. The maximum Gasteiger partial charge on any atom is 0.228 e. The average molecular weight is 293 g/mol. The molecule has 0 aliphatic carbocycles. The lowest BCUT2D eigenvalue weighted by atomic mass is 9.96. The zero-order chi connectivity index (χ0) is 14.4. The van der Waals surface area contributed by atoms with Crippen LogP contribution < -0.4 is 5.32 Å². The minimum absolute atomic E-state index is 0.0137. The molecule has 20 heavy (non-hydrogen) atoms. The Morgan fingerprint density at radius 1 is 1.50 bits per heavy atom. The van der Waals surface area contributed by atoms with Gasteiger partial charge in [-0.25, -0.2) is 4.98 Å². The molecular formula is C14H17ClN4O. The van der Waals surface area contributed by atoms with Gasteiger partial charge in [-0.15, -0.1) is 0 Å². The number of hydrogen-bond acceptors (Lipinski definition) is 4. The number of likely N-dealkylation sites (tertiary alicyclic amines) is 1. The summed E-state index contributed by atoms with van der Waals surface area (Å²) >= 11 is 5.75. The first kappa shape index (κ1) is 14.8. The number of piperidine rings is 1. The number of aromatic nitrogens is 1. The number of hydrogen-bond donors (Lipinski definition) is 1. The van der Waals surface area contributed by atoms with E-state index >= 15 is 0 Å². The normalized spacial score (nSPS) is 16.6. The SMILES string of the molecule is N#CCCN1CCC(C(=O)Nc2ccc(Cl)cn2)CC1. The molecule has 0 atom stereocenters. The number of carbonyl (C=O) groups excluding carboxylic acids is 1. The smallest absolute Gasteiger partial charge is 0.228 e. The summed E-state index contributed by atoms with van der Waals surface area (Å²) < 4.78 is 0. The average Bonchev–Trinajstić information content (AvgIpc) is 2.48. The molecule has 1 aliphatic heterocycles. The van der Waals surface area contributed by atoms with Gasteiger partial charge in [-0.05, 0) is 38.1 Å². The molecule has 1 amide bonds. The lowest BCUT2D eigenvalue weighted by Crippen LogP contribution is -2.38. The van der Waals surface area contributed by atoms with Crippen LogP contribution in [0.2, 0.25) is 5.02 Å². The molecule has 0 radical (unpaired) electrons. The van der Waals surface area contributed by atoms with E-state index in [2.05, 4.69) is 21.3 Å². The first-order valence-corrected chi connectivity index (χ1v) is 7.08. The Bertz CT molecular complexity index is 489. The lowest BCUT2D eigenvalue weighted by Gasteiger charge is -2.30. The van der Waals surface area contributed by atoms with Crippen LogP contribution in [0, 0.1) is 17.2 Å². The monoisotopic (exact) mass is 292 g/mol. The summed E-state index contributed by atoms with van der Waals surface area (Å²) in [6.07, 6.45) is 3.71. The number of halogens is 1. The molecule has 0 saturated carbocycles. The Morgan fingerprint density at radius 2 is 2.25 bits per heavy atom. The summed E-state index contributed by atoms with van der Waals surface area (Å²) in [5.74, 6) is 0.567. The van der Waals surface area contributed by atoms with Crippen molar-refractivity contribution in [3.63, 3.8) is 0 Å². The Morgan fingerprint density at radius 3 is 2.85 bits per heavy atom. The molecule has 6 heteroatoms. The molecule has 1 fully saturated rings. The van der Waals surface area contributed by atoms with Crippen LogP contribution in [0.15, 0.2) is 18.3 Å².